The van der Waals surface area contributed by atoms with E-state index in [4.69, 9.17) is 21.1 Å². The summed E-state index contributed by atoms with van der Waals surface area (Å²) in [6, 6.07) is 10.2. The number of rotatable bonds is 10. The van der Waals surface area contributed by atoms with E-state index in [-0.39, 0.29) is 35.7 Å². The van der Waals surface area contributed by atoms with Crippen molar-refractivity contribution in [3.63, 3.8) is 0 Å². The Bertz CT molecular complexity index is 1030. The maximum absolute atomic E-state index is 12.5. The van der Waals surface area contributed by atoms with Gasteiger partial charge in [0.1, 0.15) is 0 Å². The molecule has 32 heavy (non-hydrogen) atoms. The molecule has 0 saturated heterocycles. The van der Waals surface area contributed by atoms with Gasteiger partial charge in [0, 0.05) is 19.5 Å². The third-order valence-electron chi connectivity index (χ3n) is 4.74. The van der Waals surface area contributed by atoms with Gasteiger partial charge in [-0.25, -0.2) is 13.1 Å². The van der Waals surface area contributed by atoms with Crippen molar-refractivity contribution in [3.05, 3.63) is 52.5 Å². The number of hydrogen-bond acceptors (Lipinski definition) is 5. The molecule has 1 amide bonds. The van der Waals surface area contributed by atoms with Crippen molar-refractivity contribution >= 4 is 27.5 Å². The molecule has 176 valence electrons. The lowest BCUT2D eigenvalue weighted by Crippen LogP contribution is -2.30. The number of benzene rings is 2. The molecule has 0 heterocycles. The largest absolute Gasteiger partial charge is 0.493 e. The van der Waals surface area contributed by atoms with E-state index in [2.05, 4.69) is 30.8 Å². The lowest BCUT2D eigenvalue weighted by atomic mass is 9.87. The SMILES string of the molecule is CCOc1c(Cl)cc(CNC(=O)CCNS(=O)(=O)c2ccc(C(C)(C)C)cc2)cc1OC. The second-order valence-electron chi connectivity index (χ2n) is 8.24. The van der Waals surface area contributed by atoms with E-state index < -0.39 is 10.0 Å². The average molecular weight is 483 g/mol. The van der Waals surface area contributed by atoms with E-state index in [9.17, 15) is 13.2 Å². The summed E-state index contributed by atoms with van der Waals surface area (Å²) >= 11 is 6.24. The van der Waals surface area contributed by atoms with E-state index in [0.29, 0.717) is 23.1 Å². The van der Waals surface area contributed by atoms with Gasteiger partial charge in [0.25, 0.3) is 0 Å². The first-order chi connectivity index (χ1) is 15.0. The first-order valence-electron chi connectivity index (χ1n) is 10.3. The normalized spacial score (nSPS) is 11.8. The monoisotopic (exact) mass is 482 g/mol. The van der Waals surface area contributed by atoms with Gasteiger partial charge >= 0.3 is 0 Å². The second-order valence-corrected chi connectivity index (χ2v) is 10.4. The van der Waals surface area contributed by atoms with Crippen molar-refractivity contribution in [2.45, 2.75) is 51.0 Å². The summed E-state index contributed by atoms with van der Waals surface area (Å²) in [5.74, 6) is 0.644. The van der Waals surface area contributed by atoms with E-state index >= 15 is 0 Å². The number of sulfonamides is 1. The summed E-state index contributed by atoms with van der Waals surface area (Å²) < 4.78 is 38.2. The van der Waals surface area contributed by atoms with Gasteiger partial charge in [-0.3, -0.25) is 4.79 Å². The third-order valence-corrected chi connectivity index (χ3v) is 6.50. The Morgan fingerprint density at radius 1 is 1.12 bits per heavy atom. The van der Waals surface area contributed by atoms with Crippen molar-refractivity contribution in [2.24, 2.45) is 0 Å². The molecule has 0 aliphatic carbocycles. The van der Waals surface area contributed by atoms with Crippen molar-refractivity contribution < 1.29 is 22.7 Å². The van der Waals surface area contributed by atoms with Crippen LogP contribution in [0.25, 0.3) is 0 Å². The summed E-state index contributed by atoms with van der Waals surface area (Å²) in [7, 11) is -2.17. The van der Waals surface area contributed by atoms with Crippen molar-refractivity contribution in [3.8, 4) is 11.5 Å². The Balaban J connectivity index is 1.89. The molecule has 2 aromatic carbocycles. The van der Waals surface area contributed by atoms with E-state index in [1.807, 2.05) is 6.92 Å². The van der Waals surface area contributed by atoms with Crippen LogP contribution in [0.5, 0.6) is 11.5 Å². The van der Waals surface area contributed by atoms with Gasteiger partial charge in [-0.1, -0.05) is 44.5 Å². The number of carbonyl (C=O) groups is 1. The molecule has 7 nitrogen and oxygen atoms in total. The first-order valence-corrected chi connectivity index (χ1v) is 12.2. The fourth-order valence-corrected chi connectivity index (χ4v) is 4.28. The smallest absolute Gasteiger partial charge is 0.240 e. The molecule has 0 aliphatic heterocycles. The molecule has 2 rings (SSSR count). The summed E-state index contributed by atoms with van der Waals surface area (Å²) in [5, 5.41) is 3.14. The molecule has 9 heteroatoms. The van der Waals surface area contributed by atoms with Crippen LogP contribution in [0.3, 0.4) is 0 Å². The van der Waals surface area contributed by atoms with Crippen LogP contribution in [-0.4, -0.2) is 34.6 Å². The molecular weight excluding hydrogens is 452 g/mol. The Hall–Kier alpha value is -2.29. The molecule has 0 fully saturated rings. The van der Waals surface area contributed by atoms with E-state index in [0.717, 1.165) is 11.1 Å². The lowest BCUT2D eigenvalue weighted by Gasteiger charge is -2.19. The second kappa shape index (κ2) is 11.0. The molecule has 2 aromatic rings. The van der Waals surface area contributed by atoms with Gasteiger partial charge in [0.2, 0.25) is 15.9 Å². The van der Waals surface area contributed by atoms with Crippen LogP contribution in [-0.2, 0) is 26.8 Å². The number of halogens is 1. The predicted octanol–water partition coefficient (Wildman–Crippen LogP) is 4.03. The Labute approximate surface area is 195 Å². The fourth-order valence-electron chi connectivity index (χ4n) is 2.97. The maximum atomic E-state index is 12.5. The zero-order chi connectivity index (χ0) is 23.9. The summed E-state index contributed by atoms with van der Waals surface area (Å²) in [6.07, 6.45) is 0.00119. The Morgan fingerprint density at radius 3 is 2.34 bits per heavy atom. The van der Waals surface area contributed by atoms with Gasteiger partial charge in [0.15, 0.2) is 11.5 Å². The highest BCUT2D eigenvalue weighted by Crippen LogP contribution is 2.36. The molecular formula is C23H31ClN2O5S. The molecule has 2 N–H and O–H groups in total. The van der Waals surface area contributed by atoms with Crippen LogP contribution >= 0.6 is 11.6 Å². The average Bonchev–Trinajstić information content (AvgIpc) is 2.73. The molecule has 0 bridgehead atoms. The van der Waals surface area contributed by atoms with Crippen LogP contribution in [0, 0.1) is 0 Å². The summed E-state index contributed by atoms with van der Waals surface area (Å²) in [4.78, 5) is 12.3. The van der Waals surface area contributed by atoms with Crippen molar-refractivity contribution in [1.29, 1.82) is 0 Å². The number of amides is 1. The van der Waals surface area contributed by atoms with Crippen LogP contribution in [0.1, 0.15) is 45.2 Å². The fraction of sp³-hybridized carbons (Fsp3) is 0.435. The lowest BCUT2D eigenvalue weighted by molar-refractivity contribution is -0.121. The molecule has 0 spiro atoms. The van der Waals surface area contributed by atoms with Gasteiger partial charge in [-0.2, -0.15) is 0 Å². The molecule has 0 unspecified atom stereocenters. The zero-order valence-corrected chi connectivity index (χ0v) is 20.7. The topological polar surface area (TPSA) is 93.7 Å². The quantitative estimate of drug-likeness (QED) is 0.533. The predicted molar refractivity (Wildman–Crippen MR) is 126 cm³/mol. The van der Waals surface area contributed by atoms with Crippen LogP contribution in [0.2, 0.25) is 5.02 Å². The highest BCUT2D eigenvalue weighted by molar-refractivity contribution is 7.89. The van der Waals surface area contributed by atoms with Crippen LogP contribution in [0.15, 0.2) is 41.3 Å². The van der Waals surface area contributed by atoms with Crippen LogP contribution < -0.4 is 19.5 Å². The number of methoxy groups -OCH3 is 1. The van der Waals surface area contributed by atoms with Gasteiger partial charge < -0.3 is 14.8 Å². The van der Waals surface area contributed by atoms with Crippen LogP contribution in [0.4, 0.5) is 0 Å². The number of carbonyl (C=O) groups excluding carboxylic acids is 1. The third kappa shape index (κ3) is 7.12. The molecule has 0 aliphatic rings. The standard InChI is InChI=1S/C23H31ClN2O5S/c1-6-31-22-19(24)13-16(14-20(22)30-5)15-25-21(27)11-12-26-32(28,29)18-9-7-17(8-10-18)23(2,3)4/h7-10,13-14,26H,6,11-12,15H2,1-5H3,(H,25,27). The minimum absolute atomic E-state index is 0.00119. The minimum Gasteiger partial charge on any atom is -0.493 e. The number of hydrogen-bond donors (Lipinski definition) is 2. The molecule has 0 atom stereocenters. The van der Waals surface area contributed by atoms with Crippen molar-refractivity contribution in [1.82, 2.24) is 10.0 Å². The number of ether oxygens (including phenoxy) is 2. The Morgan fingerprint density at radius 2 is 1.78 bits per heavy atom. The molecule has 0 radical (unpaired) electrons. The summed E-state index contributed by atoms with van der Waals surface area (Å²) in [5.41, 5.74) is 1.72. The highest BCUT2D eigenvalue weighted by Gasteiger charge is 2.18. The maximum Gasteiger partial charge on any atom is 0.240 e. The zero-order valence-electron chi connectivity index (χ0n) is 19.1. The molecule has 0 saturated carbocycles. The van der Waals surface area contributed by atoms with Gasteiger partial charge in [0.05, 0.1) is 23.6 Å². The Kier molecular flexibility index (Phi) is 8.95. The highest BCUT2D eigenvalue weighted by atomic mass is 35.5. The van der Waals surface area contributed by atoms with Gasteiger partial charge in [-0.05, 0) is 47.7 Å². The number of nitrogens with one attached hydrogen (secondary N) is 2. The van der Waals surface area contributed by atoms with E-state index in [1.165, 1.54) is 7.11 Å². The van der Waals surface area contributed by atoms with E-state index in [1.54, 1.807) is 36.4 Å². The summed E-state index contributed by atoms with van der Waals surface area (Å²) in [6.45, 7) is 8.69. The van der Waals surface area contributed by atoms with Crippen molar-refractivity contribution in [2.75, 3.05) is 20.3 Å². The first kappa shape index (κ1) is 26.0. The minimum atomic E-state index is -3.69. The van der Waals surface area contributed by atoms with Gasteiger partial charge in [-0.15, -0.1) is 0 Å². The molecule has 0 aromatic heterocycles.